The standard InChI is InChI=1S/C17H21NO4/c1-11(19)21-16-9-13-8-14(10-15(16)18(13)2)22-17(20)12-6-4-3-5-7-12/h3-7,13-16H,8-10H2,1-2H3/t13-,14+,15+,16-/m0/s1. The van der Waals surface area contributed by atoms with E-state index in [4.69, 9.17) is 9.47 Å². The average molecular weight is 303 g/mol. The molecule has 5 heteroatoms. The third-order valence-corrected chi connectivity index (χ3v) is 4.67. The van der Waals surface area contributed by atoms with Gasteiger partial charge in [-0.3, -0.25) is 9.69 Å². The quantitative estimate of drug-likeness (QED) is 0.800. The van der Waals surface area contributed by atoms with Crippen molar-refractivity contribution in [3.05, 3.63) is 35.9 Å². The number of carbonyl (C=O) groups excluding carboxylic acids is 2. The minimum absolute atomic E-state index is 0.0899. The predicted molar refractivity (Wildman–Crippen MR) is 80.4 cm³/mol. The third-order valence-electron chi connectivity index (χ3n) is 4.67. The van der Waals surface area contributed by atoms with Crippen LogP contribution in [0.5, 0.6) is 0 Å². The van der Waals surface area contributed by atoms with Gasteiger partial charge < -0.3 is 9.47 Å². The van der Waals surface area contributed by atoms with Crippen molar-refractivity contribution >= 4 is 11.9 Å². The minimum atomic E-state index is -0.279. The van der Waals surface area contributed by atoms with E-state index in [-0.39, 0.29) is 30.2 Å². The molecule has 1 aromatic carbocycles. The summed E-state index contributed by atoms with van der Waals surface area (Å²) in [6.07, 6.45) is 2.12. The number of fused-ring (bicyclic) bond motifs is 2. The fourth-order valence-corrected chi connectivity index (χ4v) is 3.60. The summed E-state index contributed by atoms with van der Waals surface area (Å²) < 4.78 is 11.1. The van der Waals surface area contributed by atoms with Crippen LogP contribution in [0.15, 0.2) is 30.3 Å². The molecule has 2 aliphatic heterocycles. The topological polar surface area (TPSA) is 55.8 Å². The van der Waals surface area contributed by atoms with E-state index in [2.05, 4.69) is 4.90 Å². The summed E-state index contributed by atoms with van der Waals surface area (Å²) in [6, 6.07) is 9.47. The molecule has 0 unspecified atom stereocenters. The summed E-state index contributed by atoms with van der Waals surface area (Å²) in [5.41, 5.74) is 0.574. The summed E-state index contributed by atoms with van der Waals surface area (Å²) in [4.78, 5) is 25.6. The SMILES string of the molecule is CC(=O)O[C@H]1C[C@@H]2C[C@@H](OC(=O)c3ccccc3)C[C@H]1N2C. The van der Waals surface area contributed by atoms with Gasteiger partial charge in [-0.2, -0.15) is 0 Å². The van der Waals surface area contributed by atoms with Crippen molar-refractivity contribution in [2.24, 2.45) is 0 Å². The number of hydrogen-bond acceptors (Lipinski definition) is 5. The van der Waals surface area contributed by atoms with Gasteiger partial charge in [-0.15, -0.1) is 0 Å². The minimum Gasteiger partial charge on any atom is -0.461 e. The first kappa shape index (κ1) is 15.0. The van der Waals surface area contributed by atoms with E-state index >= 15 is 0 Å². The molecule has 3 rings (SSSR count). The molecule has 0 saturated carbocycles. The molecule has 0 N–H and O–H groups in total. The maximum atomic E-state index is 12.2. The highest BCUT2D eigenvalue weighted by molar-refractivity contribution is 5.89. The van der Waals surface area contributed by atoms with Crippen molar-refractivity contribution < 1.29 is 19.1 Å². The normalized spacial score (nSPS) is 30.8. The Labute approximate surface area is 130 Å². The Balaban J connectivity index is 1.64. The summed E-state index contributed by atoms with van der Waals surface area (Å²) >= 11 is 0. The molecule has 118 valence electrons. The van der Waals surface area contributed by atoms with Crippen LogP contribution >= 0.6 is 0 Å². The van der Waals surface area contributed by atoms with Crippen LogP contribution in [0.2, 0.25) is 0 Å². The van der Waals surface area contributed by atoms with E-state index in [9.17, 15) is 9.59 Å². The summed E-state index contributed by atoms with van der Waals surface area (Å²) in [7, 11) is 2.05. The monoisotopic (exact) mass is 303 g/mol. The Bertz CT molecular complexity index is 559. The molecular formula is C17H21NO4. The molecule has 2 saturated heterocycles. The summed E-state index contributed by atoms with van der Waals surface area (Å²) in [6.45, 7) is 1.44. The molecule has 22 heavy (non-hydrogen) atoms. The second kappa shape index (κ2) is 6.08. The molecule has 0 spiro atoms. The Morgan fingerprint density at radius 3 is 2.50 bits per heavy atom. The number of esters is 2. The fraction of sp³-hybridized carbons (Fsp3) is 0.529. The molecule has 0 aliphatic carbocycles. The smallest absolute Gasteiger partial charge is 0.338 e. The van der Waals surface area contributed by atoms with E-state index in [0.717, 1.165) is 12.8 Å². The van der Waals surface area contributed by atoms with E-state index in [1.54, 1.807) is 12.1 Å². The molecule has 0 amide bonds. The van der Waals surface area contributed by atoms with Gasteiger partial charge in [-0.25, -0.2) is 4.79 Å². The van der Waals surface area contributed by atoms with Gasteiger partial charge in [0.25, 0.3) is 0 Å². The Kier molecular flexibility index (Phi) is 4.16. The lowest BCUT2D eigenvalue weighted by molar-refractivity contribution is -0.147. The van der Waals surface area contributed by atoms with Crippen LogP contribution in [0.3, 0.4) is 0 Å². The zero-order valence-electron chi connectivity index (χ0n) is 12.9. The van der Waals surface area contributed by atoms with Crippen molar-refractivity contribution in [3.63, 3.8) is 0 Å². The lowest BCUT2D eigenvalue weighted by Crippen LogP contribution is -2.46. The van der Waals surface area contributed by atoms with Crippen LogP contribution in [0, 0.1) is 0 Å². The zero-order valence-corrected chi connectivity index (χ0v) is 12.9. The average Bonchev–Trinajstić information content (AvgIpc) is 2.67. The molecule has 2 fully saturated rings. The predicted octanol–water partition coefficient (Wildman–Crippen LogP) is 2.01. The van der Waals surface area contributed by atoms with Crippen molar-refractivity contribution in [1.29, 1.82) is 0 Å². The van der Waals surface area contributed by atoms with Gasteiger partial charge in [0.15, 0.2) is 0 Å². The molecule has 5 nitrogen and oxygen atoms in total. The van der Waals surface area contributed by atoms with Gasteiger partial charge in [-0.1, -0.05) is 18.2 Å². The Morgan fingerprint density at radius 2 is 1.82 bits per heavy atom. The number of rotatable bonds is 3. The number of nitrogens with zero attached hydrogens (tertiary/aromatic N) is 1. The summed E-state index contributed by atoms with van der Waals surface area (Å²) in [5, 5.41) is 0. The first-order valence-corrected chi connectivity index (χ1v) is 7.70. The number of benzene rings is 1. The Morgan fingerprint density at radius 1 is 1.09 bits per heavy atom. The van der Waals surface area contributed by atoms with Crippen molar-refractivity contribution in [2.45, 2.75) is 50.5 Å². The first-order valence-electron chi connectivity index (χ1n) is 7.70. The van der Waals surface area contributed by atoms with Crippen LogP contribution in [0.4, 0.5) is 0 Å². The van der Waals surface area contributed by atoms with Crippen LogP contribution in [0.1, 0.15) is 36.5 Å². The lowest BCUT2D eigenvalue weighted by atomic mass is 10.00. The summed E-state index contributed by atoms with van der Waals surface area (Å²) in [5.74, 6) is -0.526. The molecule has 4 atom stereocenters. The largest absolute Gasteiger partial charge is 0.461 e. The maximum absolute atomic E-state index is 12.2. The molecule has 0 radical (unpaired) electrons. The second-order valence-electron chi connectivity index (χ2n) is 6.13. The number of likely N-dealkylation sites (N-methyl/N-ethyl adjacent to an activating group) is 1. The van der Waals surface area contributed by atoms with E-state index in [0.29, 0.717) is 18.0 Å². The van der Waals surface area contributed by atoms with E-state index in [1.165, 1.54) is 6.92 Å². The zero-order chi connectivity index (χ0) is 15.7. The fourth-order valence-electron chi connectivity index (χ4n) is 3.60. The Hall–Kier alpha value is -1.88. The van der Waals surface area contributed by atoms with Crippen LogP contribution in [-0.4, -0.2) is 48.2 Å². The molecule has 2 heterocycles. The molecule has 2 bridgehead atoms. The van der Waals surface area contributed by atoms with Gasteiger partial charge in [0.05, 0.1) is 11.6 Å². The number of ether oxygens (including phenoxy) is 2. The molecule has 2 aliphatic rings. The van der Waals surface area contributed by atoms with Gasteiger partial charge in [0.1, 0.15) is 12.2 Å². The highest BCUT2D eigenvalue weighted by Gasteiger charge is 2.47. The number of carbonyl (C=O) groups is 2. The van der Waals surface area contributed by atoms with Gasteiger partial charge >= 0.3 is 11.9 Å². The van der Waals surface area contributed by atoms with Crippen LogP contribution < -0.4 is 0 Å². The lowest BCUT2D eigenvalue weighted by Gasteiger charge is -2.36. The second-order valence-corrected chi connectivity index (χ2v) is 6.13. The highest BCUT2D eigenvalue weighted by Crippen LogP contribution is 2.37. The number of piperidine rings is 1. The highest BCUT2D eigenvalue weighted by atomic mass is 16.6. The van der Waals surface area contributed by atoms with Gasteiger partial charge in [-0.05, 0) is 19.2 Å². The molecule has 1 aromatic rings. The number of hydrogen-bond donors (Lipinski definition) is 0. The van der Waals surface area contributed by atoms with E-state index in [1.807, 2.05) is 25.2 Å². The molecular weight excluding hydrogens is 282 g/mol. The van der Waals surface area contributed by atoms with E-state index < -0.39 is 0 Å². The van der Waals surface area contributed by atoms with Crippen molar-refractivity contribution in [2.75, 3.05) is 7.05 Å². The molecule has 0 aromatic heterocycles. The third kappa shape index (κ3) is 2.99. The van der Waals surface area contributed by atoms with Gasteiger partial charge in [0, 0.05) is 32.2 Å². The van der Waals surface area contributed by atoms with Crippen molar-refractivity contribution in [3.8, 4) is 0 Å². The van der Waals surface area contributed by atoms with Crippen molar-refractivity contribution in [1.82, 2.24) is 4.90 Å². The van der Waals surface area contributed by atoms with Crippen LogP contribution in [0.25, 0.3) is 0 Å². The maximum Gasteiger partial charge on any atom is 0.338 e. The van der Waals surface area contributed by atoms with Gasteiger partial charge in [0.2, 0.25) is 0 Å². The first-order chi connectivity index (χ1) is 10.5. The van der Waals surface area contributed by atoms with Crippen LogP contribution in [-0.2, 0) is 14.3 Å².